The van der Waals surface area contributed by atoms with Crippen LogP contribution in [-0.4, -0.2) is 20.9 Å². The Morgan fingerprint density at radius 1 is 1.32 bits per heavy atom. The molecule has 0 aliphatic heterocycles. The van der Waals surface area contributed by atoms with E-state index in [2.05, 4.69) is 5.10 Å². The minimum Gasteiger partial charge on any atom is -0.481 e. The summed E-state index contributed by atoms with van der Waals surface area (Å²) in [5, 5.41) is 13.3. The molecule has 0 spiro atoms. The Morgan fingerprint density at radius 3 is 2.79 bits per heavy atom. The Kier molecular flexibility index (Phi) is 3.97. The van der Waals surface area contributed by atoms with Gasteiger partial charge in [0.15, 0.2) is 0 Å². The van der Waals surface area contributed by atoms with Crippen molar-refractivity contribution in [1.82, 2.24) is 9.78 Å². The van der Waals surface area contributed by atoms with Gasteiger partial charge in [0.1, 0.15) is 0 Å². The third kappa shape index (κ3) is 3.42. The van der Waals surface area contributed by atoms with E-state index in [4.69, 9.17) is 16.7 Å². The number of aryl methyl sites for hydroxylation is 1. The van der Waals surface area contributed by atoms with Crippen LogP contribution in [0.2, 0.25) is 5.02 Å². The molecule has 1 N–H and O–H groups in total. The van der Waals surface area contributed by atoms with Gasteiger partial charge in [-0.15, -0.1) is 0 Å². The highest BCUT2D eigenvalue weighted by Crippen LogP contribution is 2.19. The zero-order valence-electron chi connectivity index (χ0n) is 9.91. The molecule has 0 aliphatic rings. The van der Waals surface area contributed by atoms with Crippen molar-refractivity contribution < 1.29 is 9.90 Å². The summed E-state index contributed by atoms with van der Waals surface area (Å²) < 4.78 is 1.14. The number of carboxylic acids is 1. The summed E-state index contributed by atoms with van der Waals surface area (Å²) in [5.41, 5.74) is 1.02. The molecule has 0 unspecified atom stereocenters. The van der Waals surface area contributed by atoms with Crippen molar-refractivity contribution in [1.29, 1.82) is 0 Å². The van der Waals surface area contributed by atoms with Crippen LogP contribution in [0.3, 0.4) is 0 Å². The Morgan fingerprint density at radius 2 is 2.11 bits per heavy atom. The summed E-state index contributed by atoms with van der Waals surface area (Å²) in [6, 6.07) is 10.0. The molecule has 1 aromatic carbocycles. The van der Waals surface area contributed by atoms with Crippen molar-refractivity contribution in [3.63, 3.8) is 0 Å². The molecule has 2 rings (SSSR count). The molecule has 2 aromatic rings. The van der Waals surface area contributed by atoms with Gasteiger partial charge in [-0.25, -0.2) is 4.68 Å². The maximum absolute atomic E-state index is 11.6. The van der Waals surface area contributed by atoms with E-state index in [9.17, 15) is 9.59 Å². The van der Waals surface area contributed by atoms with Gasteiger partial charge in [-0.1, -0.05) is 23.7 Å². The minimum atomic E-state index is -0.971. The molecular formula is C13H11ClN2O3. The Labute approximate surface area is 114 Å². The Bertz CT molecular complexity index is 667. The molecule has 98 valence electrons. The Hall–Kier alpha value is -2.14. The number of aliphatic carboxylic acids is 1. The van der Waals surface area contributed by atoms with Crippen molar-refractivity contribution in [2.45, 2.75) is 13.0 Å². The van der Waals surface area contributed by atoms with Gasteiger partial charge >= 0.3 is 5.97 Å². The van der Waals surface area contributed by atoms with E-state index in [1.807, 2.05) is 6.07 Å². The first-order valence-corrected chi connectivity index (χ1v) is 6.00. The van der Waals surface area contributed by atoms with Crippen LogP contribution in [0.5, 0.6) is 0 Å². The molecule has 1 aromatic heterocycles. The van der Waals surface area contributed by atoms with E-state index < -0.39 is 5.97 Å². The average molecular weight is 279 g/mol. The molecule has 0 aliphatic carbocycles. The largest absolute Gasteiger partial charge is 0.481 e. The molecule has 0 atom stereocenters. The molecule has 1 heterocycles. The van der Waals surface area contributed by atoms with Crippen LogP contribution in [0, 0.1) is 0 Å². The van der Waals surface area contributed by atoms with Gasteiger partial charge < -0.3 is 5.11 Å². The summed E-state index contributed by atoms with van der Waals surface area (Å²) in [6.07, 6.45) is -0.147. The minimum absolute atomic E-state index is 0.0442. The number of hydrogen-bond donors (Lipinski definition) is 1. The first-order valence-electron chi connectivity index (χ1n) is 5.62. The van der Waals surface area contributed by atoms with Gasteiger partial charge in [-0.3, -0.25) is 9.59 Å². The highest BCUT2D eigenvalue weighted by atomic mass is 35.5. The number of benzene rings is 1. The first-order chi connectivity index (χ1) is 9.06. The van der Waals surface area contributed by atoms with Gasteiger partial charge in [-0.2, -0.15) is 5.10 Å². The molecule has 19 heavy (non-hydrogen) atoms. The molecule has 0 saturated carbocycles. The molecule has 0 saturated heterocycles. The van der Waals surface area contributed by atoms with Gasteiger partial charge in [0, 0.05) is 16.7 Å². The Balaban J connectivity index is 2.35. The zero-order chi connectivity index (χ0) is 13.8. The van der Waals surface area contributed by atoms with Gasteiger partial charge in [0.05, 0.1) is 18.7 Å². The van der Waals surface area contributed by atoms with Crippen LogP contribution in [0.1, 0.15) is 6.42 Å². The van der Waals surface area contributed by atoms with Crippen molar-refractivity contribution in [3.05, 3.63) is 51.8 Å². The molecule has 0 radical (unpaired) electrons. The van der Waals surface area contributed by atoms with Crippen LogP contribution < -0.4 is 5.56 Å². The standard InChI is InChI=1S/C13H11ClN2O3/c14-10-3-1-2-9(8-10)11-4-5-12(17)16(15-11)7-6-13(18)19/h1-5,8H,6-7H2,(H,18,19). The zero-order valence-corrected chi connectivity index (χ0v) is 10.7. The third-order valence-electron chi connectivity index (χ3n) is 2.52. The van der Waals surface area contributed by atoms with Crippen LogP contribution in [0.4, 0.5) is 0 Å². The number of carbonyl (C=O) groups is 1. The smallest absolute Gasteiger partial charge is 0.305 e. The number of halogens is 1. The lowest BCUT2D eigenvalue weighted by atomic mass is 10.1. The second-order valence-corrected chi connectivity index (χ2v) is 4.37. The van der Waals surface area contributed by atoms with Gasteiger partial charge in [0.2, 0.25) is 0 Å². The molecule has 5 nitrogen and oxygen atoms in total. The average Bonchev–Trinajstić information content (AvgIpc) is 2.37. The van der Waals surface area contributed by atoms with E-state index >= 15 is 0 Å². The first kappa shape index (κ1) is 13.3. The predicted molar refractivity (Wildman–Crippen MR) is 71.2 cm³/mol. The topological polar surface area (TPSA) is 72.2 Å². The summed E-state index contributed by atoms with van der Waals surface area (Å²) in [6.45, 7) is 0.0442. The fraction of sp³-hybridized carbons (Fsp3) is 0.154. The number of carboxylic acid groups (broad SMARTS) is 1. The maximum atomic E-state index is 11.6. The van der Waals surface area contributed by atoms with Crippen LogP contribution in [0.25, 0.3) is 11.3 Å². The van der Waals surface area contributed by atoms with Crippen LogP contribution in [0.15, 0.2) is 41.2 Å². The van der Waals surface area contributed by atoms with Crippen molar-refractivity contribution in [2.75, 3.05) is 0 Å². The van der Waals surface area contributed by atoms with Crippen molar-refractivity contribution in [2.24, 2.45) is 0 Å². The lowest BCUT2D eigenvalue weighted by molar-refractivity contribution is -0.137. The predicted octanol–water partition coefficient (Wildman–Crippen LogP) is 2.04. The maximum Gasteiger partial charge on any atom is 0.305 e. The molecule has 0 amide bonds. The van der Waals surface area contributed by atoms with E-state index in [0.717, 1.165) is 10.2 Å². The molecule has 0 fully saturated rings. The van der Waals surface area contributed by atoms with E-state index in [1.54, 1.807) is 24.3 Å². The lowest BCUT2D eigenvalue weighted by Crippen LogP contribution is -2.23. The summed E-state index contributed by atoms with van der Waals surface area (Å²) in [5.74, 6) is -0.971. The fourth-order valence-electron chi connectivity index (χ4n) is 1.61. The van der Waals surface area contributed by atoms with E-state index in [-0.39, 0.29) is 18.5 Å². The quantitative estimate of drug-likeness (QED) is 0.929. The van der Waals surface area contributed by atoms with Crippen LogP contribution in [-0.2, 0) is 11.3 Å². The number of hydrogen-bond acceptors (Lipinski definition) is 3. The van der Waals surface area contributed by atoms with Crippen LogP contribution >= 0.6 is 11.6 Å². The lowest BCUT2D eigenvalue weighted by Gasteiger charge is -2.06. The fourth-order valence-corrected chi connectivity index (χ4v) is 1.80. The van der Waals surface area contributed by atoms with Crippen molar-refractivity contribution >= 4 is 17.6 Å². The second kappa shape index (κ2) is 5.67. The van der Waals surface area contributed by atoms with Gasteiger partial charge in [-0.05, 0) is 18.2 Å². The number of aromatic nitrogens is 2. The van der Waals surface area contributed by atoms with E-state index in [1.165, 1.54) is 6.07 Å². The molecule has 6 heteroatoms. The van der Waals surface area contributed by atoms with E-state index in [0.29, 0.717) is 10.7 Å². The SMILES string of the molecule is O=C(O)CCn1nc(-c2cccc(Cl)c2)ccc1=O. The monoisotopic (exact) mass is 278 g/mol. The number of nitrogens with zero attached hydrogens (tertiary/aromatic N) is 2. The molecule has 0 bridgehead atoms. The number of rotatable bonds is 4. The highest BCUT2D eigenvalue weighted by molar-refractivity contribution is 6.30. The third-order valence-corrected chi connectivity index (χ3v) is 2.76. The van der Waals surface area contributed by atoms with Gasteiger partial charge in [0.25, 0.3) is 5.56 Å². The summed E-state index contributed by atoms with van der Waals surface area (Å²) in [4.78, 5) is 22.1. The second-order valence-electron chi connectivity index (χ2n) is 3.93. The summed E-state index contributed by atoms with van der Waals surface area (Å²) >= 11 is 5.89. The normalized spacial score (nSPS) is 10.4. The molecular weight excluding hydrogens is 268 g/mol. The van der Waals surface area contributed by atoms with Crippen molar-refractivity contribution in [3.8, 4) is 11.3 Å². The highest BCUT2D eigenvalue weighted by Gasteiger charge is 2.05. The summed E-state index contributed by atoms with van der Waals surface area (Å²) in [7, 11) is 0.